The number of nitrogens with one attached hydrogen (secondary N) is 1. The molecule has 0 unspecified atom stereocenters. The molecule has 1 saturated heterocycles. The summed E-state index contributed by atoms with van der Waals surface area (Å²) in [6, 6.07) is 16.6. The number of likely N-dealkylation sites (N-methyl/N-ethyl adjacent to an activating group) is 1. The Kier molecular flexibility index (Phi) is 7.24. The number of rotatable bonds is 7. The molecule has 2 aromatic carbocycles. The molecule has 2 aromatic rings. The summed E-state index contributed by atoms with van der Waals surface area (Å²) in [5.74, 6) is 0.641. The zero-order valence-electron chi connectivity index (χ0n) is 17.4. The molecule has 4 heteroatoms. The lowest BCUT2D eigenvalue weighted by Gasteiger charge is -2.32. The van der Waals surface area contributed by atoms with Gasteiger partial charge in [-0.05, 0) is 48.2 Å². The molecule has 1 fully saturated rings. The van der Waals surface area contributed by atoms with E-state index in [2.05, 4.69) is 66.3 Å². The van der Waals surface area contributed by atoms with Gasteiger partial charge in [0.2, 0.25) is 0 Å². The third kappa shape index (κ3) is 5.91. The number of hydrogen-bond donors (Lipinski definition) is 1. The van der Waals surface area contributed by atoms with E-state index in [1.54, 1.807) is 0 Å². The zero-order valence-corrected chi connectivity index (χ0v) is 17.4. The Morgan fingerprint density at radius 3 is 2.39 bits per heavy atom. The fourth-order valence-electron chi connectivity index (χ4n) is 3.69. The van der Waals surface area contributed by atoms with Gasteiger partial charge in [0, 0.05) is 44.8 Å². The molecular formula is C24H33N3O. The van der Waals surface area contributed by atoms with Gasteiger partial charge in [0.25, 0.3) is 5.91 Å². The average molecular weight is 380 g/mol. The molecule has 28 heavy (non-hydrogen) atoms. The number of amides is 1. The Morgan fingerprint density at radius 2 is 1.68 bits per heavy atom. The molecule has 0 saturated carbocycles. The molecule has 1 aliphatic heterocycles. The van der Waals surface area contributed by atoms with Crippen molar-refractivity contribution in [1.29, 1.82) is 0 Å². The minimum absolute atomic E-state index is 0.00862. The van der Waals surface area contributed by atoms with Crippen LogP contribution in [0.3, 0.4) is 0 Å². The van der Waals surface area contributed by atoms with Gasteiger partial charge in [0.1, 0.15) is 0 Å². The maximum absolute atomic E-state index is 12.6. The topological polar surface area (TPSA) is 35.6 Å². The van der Waals surface area contributed by atoms with Crippen LogP contribution in [0.2, 0.25) is 0 Å². The lowest BCUT2D eigenvalue weighted by Crippen LogP contribution is -2.46. The summed E-state index contributed by atoms with van der Waals surface area (Å²) in [5.41, 5.74) is 4.34. The SMILES string of the molecule is CC(C)Cc1cccc(-c2cccc(C(=O)NCCN3CCN(C)CC3)c2)c1. The van der Waals surface area contributed by atoms with Crippen molar-refractivity contribution >= 4 is 5.91 Å². The van der Waals surface area contributed by atoms with Gasteiger partial charge < -0.3 is 10.2 Å². The minimum Gasteiger partial charge on any atom is -0.351 e. The minimum atomic E-state index is 0.00862. The second kappa shape index (κ2) is 9.85. The molecule has 4 nitrogen and oxygen atoms in total. The van der Waals surface area contributed by atoms with Crippen molar-refractivity contribution in [2.45, 2.75) is 20.3 Å². The van der Waals surface area contributed by atoms with Gasteiger partial charge in [0.15, 0.2) is 0 Å². The van der Waals surface area contributed by atoms with Crippen LogP contribution >= 0.6 is 0 Å². The van der Waals surface area contributed by atoms with Crippen LogP contribution in [0.1, 0.15) is 29.8 Å². The van der Waals surface area contributed by atoms with E-state index in [1.807, 2.05) is 18.2 Å². The van der Waals surface area contributed by atoms with E-state index in [1.165, 1.54) is 11.1 Å². The molecule has 1 aliphatic rings. The highest BCUT2D eigenvalue weighted by Crippen LogP contribution is 2.23. The molecule has 0 radical (unpaired) electrons. The van der Waals surface area contributed by atoms with Crippen LogP contribution in [0.5, 0.6) is 0 Å². The standard InChI is InChI=1S/C24H33N3O/c1-19(2)16-20-6-4-7-21(17-20)22-8-5-9-23(18-22)24(28)25-10-11-27-14-12-26(3)13-15-27/h4-9,17-19H,10-16H2,1-3H3,(H,25,28). The van der Waals surface area contributed by atoms with Gasteiger partial charge in [-0.15, -0.1) is 0 Å². The van der Waals surface area contributed by atoms with Crippen molar-refractivity contribution in [2.24, 2.45) is 5.92 Å². The van der Waals surface area contributed by atoms with Crippen molar-refractivity contribution < 1.29 is 4.79 Å². The maximum atomic E-state index is 12.6. The first-order valence-electron chi connectivity index (χ1n) is 10.4. The van der Waals surface area contributed by atoms with Crippen LogP contribution in [-0.4, -0.2) is 62.0 Å². The summed E-state index contributed by atoms with van der Waals surface area (Å²) in [5, 5.41) is 3.08. The van der Waals surface area contributed by atoms with Crippen molar-refractivity contribution in [3.05, 3.63) is 59.7 Å². The molecule has 0 spiro atoms. The summed E-state index contributed by atoms with van der Waals surface area (Å²) in [4.78, 5) is 17.4. The second-order valence-electron chi connectivity index (χ2n) is 8.28. The number of nitrogens with zero attached hydrogens (tertiary/aromatic N) is 2. The molecule has 3 rings (SSSR count). The predicted octanol–water partition coefficient (Wildman–Crippen LogP) is 3.53. The number of hydrogen-bond acceptors (Lipinski definition) is 3. The summed E-state index contributed by atoms with van der Waals surface area (Å²) in [6.07, 6.45) is 1.07. The van der Waals surface area contributed by atoms with Gasteiger partial charge in [-0.1, -0.05) is 50.2 Å². The predicted molar refractivity (Wildman–Crippen MR) is 117 cm³/mol. The van der Waals surface area contributed by atoms with Gasteiger partial charge in [-0.3, -0.25) is 9.69 Å². The van der Waals surface area contributed by atoms with Gasteiger partial charge in [-0.25, -0.2) is 0 Å². The van der Waals surface area contributed by atoms with Crippen molar-refractivity contribution in [3.8, 4) is 11.1 Å². The van der Waals surface area contributed by atoms with E-state index >= 15 is 0 Å². The highest BCUT2D eigenvalue weighted by atomic mass is 16.1. The smallest absolute Gasteiger partial charge is 0.251 e. The molecule has 1 N–H and O–H groups in total. The summed E-state index contributed by atoms with van der Waals surface area (Å²) >= 11 is 0. The van der Waals surface area contributed by atoms with E-state index in [9.17, 15) is 4.79 Å². The number of carbonyl (C=O) groups excluding carboxylic acids is 1. The van der Waals surface area contributed by atoms with Crippen LogP contribution in [-0.2, 0) is 6.42 Å². The molecule has 0 aromatic heterocycles. The molecule has 0 atom stereocenters. The van der Waals surface area contributed by atoms with Crippen LogP contribution in [0.4, 0.5) is 0 Å². The van der Waals surface area contributed by atoms with E-state index in [4.69, 9.17) is 0 Å². The Morgan fingerprint density at radius 1 is 1.00 bits per heavy atom. The first kappa shape index (κ1) is 20.6. The number of benzene rings is 2. The van der Waals surface area contributed by atoms with E-state index in [0.29, 0.717) is 12.5 Å². The lowest BCUT2D eigenvalue weighted by molar-refractivity contribution is 0.0941. The zero-order chi connectivity index (χ0) is 19.9. The van der Waals surface area contributed by atoms with Gasteiger partial charge >= 0.3 is 0 Å². The quantitative estimate of drug-likeness (QED) is 0.799. The molecule has 150 valence electrons. The largest absolute Gasteiger partial charge is 0.351 e. The molecule has 0 aliphatic carbocycles. The first-order chi connectivity index (χ1) is 13.5. The molecular weight excluding hydrogens is 346 g/mol. The van der Waals surface area contributed by atoms with Gasteiger partial charge in [-0.2, -0.15) is 0 Å². The van der Waals surface area contributed by atoms with Gasteiger partial charge in [0.05, 0.1) is 0 Å². The Labute approximate surface area is 169 Å². The fraction of sp³-hybridized carbons (Fsp3) is 0.458. The highest BCUT2D eigenvalue weighted by Gasteiger charge is 2.14. The van der Waals surface area contributed by atoms with Crippen LogP contribution in [0.15, 0.2) is 48.5 Å². The molecule has 1 heterocycles. The fourth-order valence-corrected chi connectivity index (χ4v) is 3.69. The highest BCUT2D eigenvalue weighted by molar-refractivity contribution is 5.95. The van der Waals surface area contributed by atoms with E-state index in [-0.39, 0.29) is 5.91 Å². The lowest BCUT2D eigenvalue weighted by atomic mass is 9.97. The Bertz CT molecular complexity index is 779. The average Bonchev–Trinajstić information content (AvgIpc) is 2.69. The summed E-state index contributed by atoms with van der Waals surface area (Å²) in [7, 11) is 2.16. The van der Waals surface area contributed by atoms with Crippen LogP contribution < -0.4 is 5.32 Å². The van der Waals surface area contributed by atoms with Crippen LogP contribution in [0, 0.1) is 5.92 Å². The second-order valence-corrected chi connectivity index (χ2v) is 8.28. The molecule has 0 bridgehead atoms. The Balaban J connectivity index is 1.59. The van der Waals surface area contributed by atoms with Crippen molar-refractivity contribution in [1.82, 2.24) is 15.1 Å². The summed E-state index contributed by atoms with van der Waals surface area (Å²) < 4.78 is 0. The number of carbonyl (C=O) groups is 1. The molecule has 1 amide bonds. The first-order valence-corrected chi connectivity index (χ1v) is 10.4. The van der Waals surface area contributed by atoms with Crippen molar-refractivity contribution in [3.63, 3.8) is 0 Å². The van der Waals surface area contributed by atoms with E-state index in [0.717, 1.165) is 50.3 Å². The van der Waals surface area contributed by atoms with Crippen molar-refractivity contribution in [2.75, 3.05) is 46.3 Å². The van der Waals surface area contributed by atoms with E-state index < -0.39 is 0 Å². The van der Waals surface area contributed by atoms with Crippen LogP contribution in [0.25, 0.3) is 11.1 Å². The third-order valence-electron chi connectivity index (χ3n) is 5.34. The Hall–Kier alpha value is -2.17. The summed E-state index contributed by atoms with van der Waals surface area (Å²) in [6.45, 7) is 10.4. The number of piperazine rings is 1. The third-order valence-corrected chi connectivity index (χ3v) is 5.34. The monoisotopic (exact) mass is 379 g/mol. The normalized spacial score (nSPS) is 15.7. The maximum Gasteiger partial charge on any atom is 0.251 e.